The van der Waals surface area contributed by atoms with E-state index in [1.54, 1.807) is 11.0 Å². The summed E-state index contributed by atoms with van der Waals surface area (Å²) in [5, 5.41) is 0.107. The number of methoxy groups -OCH3 is 1. The van der Waals surface area contributed by atoms with Crippen molar-refractivity contribution < 1.29 is 13.9 Å². The van der Waals surface area contributed by atoms with Crippen LogP contribution in [0.4, 0.5) is 4.39 Å². The summed E-state index contributed by atoms with van der Waals surface area (Å²) in [6, 6.07) is 4.42. The first-order valence-corrected chi connectivity index (χ1v) is 7.24. The molecule has 0 N–H and O–H groups in total. The lowest BCUT2D eigenvalue weighted by Crippen LogP contribution is -2.40. The number of hydrogen-bond acceptors (Lipinski definition) is 2. The largest absolute Gasteiger partial charge is 0.496 e. The number of carbonyl (C=O) groups excluding carboxylic acids is 1. The predicted molar refractivity (Wildman–Crippen MR) is 76.9 cm³/mol. The molecule has 1 aliphatic rings. The van der Waals surface area contributed by atoms with Gasteiger partial charge in [-0.25, -0.2) is 4.39 Å². The van der Waals surface area contributed by atoms with Gasteiger partial charge in [-0.15, -0.1) is 11.6 Å². The molecule has 0 spiro atoms. The fourth-order valence-electron chi connectivity index (χ4n) is 2.60. The van der Waals surface area contributed by atoms with Gasteiger partial charge in [0.2, 0.25) is 0 Å². The molecule has 1 aromatic rings. The van der Waals surface area contributed by atoms with Crippen LogP contribution in [0, 0.1) is 11.7 Å². The van der Waals surface area contributed by atoms with Crippen LogP contribution in [0.2, 0.25) is 0 Å². The molecule has 2 rings (SSSR count). The van der Waals surface area contributed by atoms with Crippen LogP contribution in [0.25, 0.3) is 0 Å². The minimum absolute atomic E-state index is 0.0207. The van der Waals surface area contributed by atoms with Gasteiger partial charge >= 0.3 is 0 Å². The number of benzene rings is 1. The molecule has 1 aliphatic heterocycles. The first kappa shape index (κ1) is 15.1. The predicted octanol–water partition coefficient (Wildman–Crippen LogP) is 3.31. The summed E-state index contributed by atoms with van der Waals surface area (Å²) in [5.74, 6) is -0.145. The van der Waals surface area contributed by atoms with E-state index in [1.165, 1.54) is 19.2 Å². The van der Waals surface area contributed by atoms with Crippen molar-refractivity contribution in [1.29, 1.82) is 0 Å². The third-order valence-corrected chi connectivity index (χ3v) is 4.24. The Morgan fingerprint density at radius 1 is 1.45 bits per heavy atom. The second kappa shape index (κ2) is 6.44. The summed E-state index contributed by atoms with van der Waals surface area (Å²) in [6.07, 6.45) is 1.71. The number of carbonyl (C=O) groups is 1. The van der Waals surface area contributed by atoms with Crippen molar-refractivity contribution in [3.63, 3.8) is 0 Å². The van der Waals surface area contributed by atoms with Crippen molar-refractivity contribution in [2.45, 2.75) is 25.1 Å². The summed E-state index contributed by atoms with van der Waals surface area (Å²) < 4.78 is 19.0. The molecule has 1 unspecified atom stereocenters. The number of halogens is 2. The summed E-state index contributed by atoms with van der Waals surface area (Å²) in [5.41, 5.74) is 0.0207. The zero-order chi connectivity index (χ0) is 14.7. The number of alkyl halides is 1. The Labute approximate surface area is 123 Å². The van der Waals surface area contributed by atoms with E-state index >= 15 is 0 Å². The van der Waals surface area contributed by atoms with Crippen LogP contribution in [0.5, 0.6) is 5.75 Å². The molecule has 0 bridgehead atoms. The molecule has 0 aliphatic carbocycles. The Kier molecular flexibility index (Phi) is 4.86. The molecule has 1 amide bonds. The number of amides is 1. The normalized spacial score (nSPS) is 17.9. The number of likely N-dealkylation sites (tertiary alicyclic amines) is 1. The standard InChI is InChI=1S/C15H19ClFNO2/c1-10(16)11-6-8-18(9-7-11)15(19)14-12(17)4-3-5-13(14)20-2/h3-5,10-11H,6-9H2,1-2H3. The lowest BCUT2D eigenvalue weighted by atomic mass is 9.93. The number of ether oxygens (including phenoxy) is 1. The van der Waals surface area contributed by atoms with E-state index in [0.29, 0.717) is 19.0 Å². The van der Waals surface area contributed by atoms with Crippen molar-refractivity contribution in [3.05, 3.63) is 29.6 Å². The Balaban J connectivity index is 2.13. The Morgan fingerprint density at radius 2 is 2.10 bits per heavy atom. The average molecular weight is 300 g/mol. The van der Waals surface area contributed by atoms with Crippen LogP contribution in [-0.2, 0) is 0 Å². The highest BCUT2D eigenvalue weighted by atomic mass is 35.5. The maximum atomic E-state index is 13.9. The quantitative estimate of drug-likeness (QED) is 0.801. The molecular formula is C15H19ClFNO2. The molecular weight excluding hydrogens is 281 g/mol. The molecule has 1 atom stereocenters. The molecule has 1 fully saturated rings. The zero-order valence-corrected chi connectivity index (χ0v) is 12.5. The van der Waals surface area contributed by atoms with Crippen molar-refractivity contribution >= 4 is 17.5 Å². The van der Waals surface area contributed by atoms with Crippen LogP contribution < -0.4 is 4.74 Å². The van der Waals surface area contributed by atoms with E-state index in [2.05, 4.69) is 0 Å². The molecule has 1 aromatic carbocycles. The molecule has 0 saturated carbocycles. The van der Waals surface area contributed by atoms with Crippen molar-refractivity contribution in [2.75, 3.05) is 20.2 Å². The van der Waals surface area contributed by atoms with Gasteiger partial charge in [0.05, 0.1) is 7.11 Å². The molecule has 20 heavy (non-hydrogen) atoms. The number of piperidine rings is 1. The van der Waals surface area contributed by atoms with Crippen LogP contribution in [0.3, 0.4) is 0 Å². The molecule has 0 radical (unpaired) electrons. The van der Waals surface area contributed by atoms with Crippen molar-refractivity contribution in [2.24, 2.45) is 5.92 Å². The van der Waals surface area contributed by atoms with Gasteiger partial charge in [-0.05, 0) is 37.8 Å². The smallest absolute Gasteiger partial charge is 0.260 e. The van der Waals surface area contributed by atoms with Crippen LogP contribution in [0.1, 0.15) is 30.1 Å². The molecule has 0 aromatic heterocycles. The summed E-state index contributed by atoms with van der Waals surface area (Å²) in [4.78, 5) is 14.1. The van der Waals surface area contributed by atoms with Gasteiger partial charge in [0.25, 0.3) is 5.91 Å². The van der Waals surface area contributed by atoms with Crippen LogP contribution >= 0.6 is 11.6 Å². The SMILES string of the molecule is COc1cccc(F)c1C(=O)N1CCC(C(C)Cl)CC1. The lowest BCUT2D eigenvalue weighted by molar-refractivity contribution is 0.0681. The summed E-state index contributed by atoms with van der Waals surface area (Å²) >= 11 is 6.09. The second-order valence-corrected chi connectivity index (χ2v) is 5.81. The molecule has 3 nitrogen and oxygen atoms in total. The van der Waals surface area contributed by atoms with Gasteiger partial charge in [-0.3, -0.25) is 4.79 Å². The van der Waals surface area contributed by atoms with Gasteiger partial charge in [-0.2, -0.15) is 0 Å². The fourth-order valence-corrected chi connectivity index (χ4v) is 2.85. The minimum atomic E-state index is -0.540. The maximum absolute atomic E-state index is 13.9. The van der Waals surface area contributed by atoms with Crippen molar-refractivity contribution in [1.82, 2.24) is 4.90 Å². The average Bonchev–Trinajstić information content (AvgIpc) is 2.46. The van der Waals surface area contributed by atoms with E-state index in [0.717, 1.165) is 12.8 Å². The van der Waals surface area contributed by atoms with Gasteiger partial charge in [0.1, 0.15) is 17.1 Å². The molecule has 5 heteroatoms. The van der Waals surface area contributed by atoms with Gasteiger partial charge in [-0.1, -0.05) is 6.07 Å². The first-order valence-electron chi connectivity index (χ1n) is 6.80. The summed E-state index contributed by atoms with van der Waals surface area (Å²) in [7, 11) is 1.44. The van der Waals surface area contributed by atoms with Gasteiger partial charge < -0.3 is 9.64 Å². The second-order valence-electron chi connectivity index (χ2n) is 5.12. The fraction of sp³-hybridized carbons (Fsp3) is 0.533. The Hall–Kier alpha value is -1.29. The highest BCUT2D eigenvalue weighted by Gasteiger charge is 2.28. The number of hydrogen-bond donors (Lipinski definition) is 0. The van der Waals surface area contributed by atoms with Crippen molar-refractivity contribution in [3.8, 4) is 5.75 Å². The third-order valence-electron chi connectivity index (χ3n) is 3.89. The lowest BCUT2D eigenvalue weighted by Gasteiger charge is -2.33. The van der Waals surface area contributed by atoms with Gasteiger partial charge in [0, 0.05) is 18.5 Å². The van der Waals surface area contributed by atoms with E-state index in [-0.39, 0.29) is 22.6 Å². The van der Waals surface area contributed by atoms with E-state index in [9.17, 15) is 9.18 Å². The topological polar surface area (TPSA) is 29.5 Å². The highest BCUT2D eigenvalue weighted by Crippen LogP contribution is 2.28. The van der Waals surface area contributed by atoms with Crippen LogP contribution in [-0.4, -0.2) is 36.4 Å². The first-order chi connectivity index (χ1) is 9.54. The summed E-state index contributed by atoms with van der Waals surface area (Å²) in [6.45, 7) is 3.19. The van der Waals surface area contributed by atoms with E-state index < -0.39 is 5.82 Å². The Morgan fingerprint density at radius 3 is 2.65 bits per heavy atom. The molecule has 110 valence electrons. The maximum Gasteiger partial charge on any atom is 0.260 e. The molecule has 1 saturated heterocycles. The van der Waals surface area contributed by atoms with E-state index in [4.69, 9.17) is 16.3 Å². The molecule has 1 heterocycles. The Bertz CT molecular complexity index is 485. The minimum Gasteiger partial charge on any atom is -0.496 e. The number of nitrogens with zero attached hydrogens (tertiary/aromatic N) is 1. The third kappa shape index (κ3) is 3.06. The van der Waals surface area contributed by atoms with Crippen LogP contribution in [0.15, 0.2) is 18.2 Å². The number of rotatable bonds is 3. The van der Waals surface area contributed by atoms with Gasteiger partial charge in [0.15, 0.2) is 0 Å². The monoisotopic (exact) mass is 299 g/mol. The van der Waals surface area contributed by atoms with E-state index in [1.807, 2.05) is 6.92 Å². The zero-order valence-electron chi connectivity index (χ0n) is 11.7. The highest BCUT2D eigenvalue weighted by molar-refractivity contribution is 6.20.